The Morgan fingerprint density at radius 3 is 2.62 bits per heavy atom. The van der Waals surface area contributed by atoms with Gasteiger partial charge in [0.1, 0.15) is 0 Å². The number of rotatable bonds is 2. The SMILES string of the molecule is OCc1c(F)ncc(C(F)F)c1Br. The quantitative estimate of drug-likeness (QED) is 0.824. The van der Waals surface area contributed by atoms with Gasteiger partial charge >= 0.3 is 0 Å². The van der Waals surface area contributed by atoms with Crippen molar-refractivity contribution in [3.05, 3.63) is 27.7 Å². The number of pyridine rings is 1. The molecule has 0 aliphatic rings. The van der Waals surface area contributed by atoms with Crippen LogP contribution in [0.5, 0.6) is 0 Å². The number of hydrogen-bond donors (Lipinski definition) is 1. The van der Waals surface area contributed by atoms with Crippen LogP contribution in [0.1, 0.15) is 17.6 Å². The minimum Gasteiger partial charge on any atom is -0.391 e. The summed E-state index contributed by atoms with van der Waals surface area (Å²) in [6, 6.07) is 0. The zero-order valence-corrected chi connectivity index (χ0v) is 7.85. The molecule has 0 fully saturated rings. The molecule has 0 bridgehead atoms. The lowest BCUT2D eigenvalue weighted by atomic mass is 10.2. The molecule has 1 aromatic rings. The Bertz CT molecular complexity index is 319. The van der Waals surface area contributed by atoms with Gasteiger partial charge in [-0.1, -0.05) is 0 Å². The van der Waals surface area contributed by atoms with E-state index in [0.717, 1.165) is 6.20 Å². The molecule has 0 aliphatic carbocycles. The van der Waals surface area contributed by atoms with Crippen molar-refractivity contribution in [3.63, 3.8) is 0 Å². The highest BCUT2D eigenvalue weighted by Crippen LogP contribution is 2.30. The van der Waals surface area contributed by atoms with E-state index in [9.17, 15) is 13.2 Å². The molecule has 72 valence electrons. The fourth-order valence-corrected chi connectivity index (χ4v) is 1.38. The molecule has 1 N–H and O–H groups in total. The molecule has 0 unspecified atom stereocenters. The summed E-state index contributed by atoms with van der Waals surface area (Å²) < 4.78 is 37.0. The number of aliphatic hydroxyl groups is 1. The van der Waals surface area contributed by atoms with Crippen molar-refractivity contribution in [2.75, 3.05) is 0 Å². The van der Waals surface area contributed by atoms with E-state index >= 15 is 0 Å². The molecule has 1 heterocycles. The Morgan fingerprint density at radius 2 is 2.15 bits per heavy atom. The fourth-order valence-electron chi connectivity index (χ4n) is 0.812. The molecule has 0 aliphatic heterocycles. The van der Waals surface area contributed by atoms with Gasteiger partial charge in [0.2, 0.25) is 5.95 Å². The molecule has 0 amide bonds. The van der Waals surface area contributed by atoms with Gasteiger partial charge in [0.25, 0.3) is 6.43 Å². The van der Waals surface area contributed by atoms with E-state index in [1.165, 1.54) is 0 Å². The second-order valence-electron chi connectivity index (χ2n) is 2.26. The molecular weight excluding hydrogens is 251 g/mol. The van der Waals surface area contributed by atoms with Crippen LogP contribution >= 0.6 is 15.9 Å². The van der Waals surface area contributed by atoms with Crippen LogP contribution in [0.25, 0.3) is 0 Å². The number of hydrogen-bond acceptors (Lipinski definition) is 2. The molecule has 13 heavy (non-hydrogen) atoms. The average molecular weight is 256 g/mol. The van der Waals surface area contributed by atoms with Gasteiger partial charge in [-0.15, -0.1) is 0 Å². The number of alkyl halides is 2. The summed E-state index contributed by atoms with van der Waals surface area (Å²) in [7, 11) is 0. The molecule has 0 saturated carbocycles. The maximum Gasteiger partial charge on any atom is 0.266 e. The third-order valence-corrected chi connectivity index (χ3v) is 2.41. The van der Waals surface area contributed by atoms with E-state index < -0.39 is 24.5 Å². The van der Waals surface area contributed by atoms with Crippen LogP contribution in [-0.4, -0.2) is 10.1 Å². The molecular formula is C7H5BrF3NO. The molecule has 0 atom stereocenters. The third-order valence-electron chi connectivity index (χ3n) is 1.48. The topological polar surface area (TPSA) is 33.1 Å². The van der Waals surface area contributed by atoms with Crippen molar-refractivity contribution >= 4 is 15.9 Å². The summed E-state index contributed by atoms with van der Waals surface area (Å²) in [4.78, 5) is 3.10. The molecule has 0 radical (unpaired) electrons. The van der Waals surface area contributed by atoms with Gasteiger partial charge in [0.05, 0.1) is 12.2 Å². The lowest BCUT2D eigenvalue weighted by Crippen LogP contribution is -2.00. The summed E-state index contributed by atoms with van der Waals surface area (Å²) in [6.07, 6.45) is -2.00. The van der Waals surface area contributed by atoms with E-state index in [4.69, 9.17) is 5.11 Å². The van der Waals surface area contributed by atoms with Gasteiger partial charge in [0.15, 0.2) is 0 Å². The fraction of sp³-hybridized carbons (Fsp3) is 0.286. The van der Waals surface area contributed by atoms with Gasteiger partial charge in [0, 0.05) is 16.2 Å². The van der Waals surface area contributed by atoms with Gasteiger partial charge in [-0.2, -0.15) is 4.39 Å². The smallest absolute Gasteiger partial charge is 0.266 e. The first-order valence-corrected chi connectivity index (χ1v) is 4.09. The second kappa shape index (κ2) is 4.06. The summed E-state index contributed by atoms with van der Waals surface area (Å²) in [5, 5.41) is 8.65. The van der Waals surface area contributed by atoms with Crippen molar-refractivity contribution < 1.29 is 18.3 Å². The van der Waals surface area contributed by atoms with Crippen LogP contribution in [-0.2, 0) is 6.61 Å². The van der Waals surface area contributed by atoms with Crippen molar-refractivity contribution in [2.45, 2.75) is 13.0 Å². The second-order valence-corrected chi connectivity index (χ2v) is 3.05. The molecule has 0 saturated heterocycles. The highest BCUT2D eigenvalue weighted by atomic mass is 79.9. The van der Waals surface area contributed by atoms with Crippen molar-refractivity contribution in [3.8, 4) is 0 Å². The number of aliphatic hydroxyl groups excluding tert-OH is 1. The van der Waals surface area contributed by atoms with E-state index in [-0.39, 0.29) is 10.0 Å². The summed E-state index contributed by atoms with van der Waals surface area (Å²) in [5.74, 6) is -0.946. The number of aromatic nitrogens is 1. The lowest BCUT2D eigenvalue weighted by molar-refractivity contribution is 0.149. The Kier molecular flexibility index (Phi) is 3.27. The zero-order valence-electron chi connectivity index (χ0n) is 6.27. The first-order chi connectivity index (χ1) is 6.07. The molecule has 0 spiro atoms. The Balaban J connectivity index is 3.27. The molecule has 1 aromatic heterocycles. The van der Waals surface area contributed by atoms with Crippen LogP contribution in [0.3, 0.4) is 0 Å². The van der Waals surface area contributed by atoms with Gasteiger partial charge in [-0.05, 0) is 15.9 Å². The largest absolute Gasteiger partial charge is 0.391 e. The monoisotopic (exact) mass is 255 g/mol. The third kappa shape index (κ3) is 2.00. The summed E-state index contributed by atoms with van der Waals surface area (Å²) in [6.45, 7) is -0.667. The zero-order chi connectivity index (χ0) is 10.0. The Labute approximate surface area is 80.5 Å². The van der Waals surface area contributed by atoms with Crippen LogP contribution in [0.2, 0.25) is 0 Å². The Hall–Kier alpha value is -0.620. The molecule has 2 nitrogen and oxygen atoms in total. The van der Waals surface area contributed by atoms with E-state index in [2.05, 4.69) is 20.9 Å². The van der Waals surface area contributed by atoms with Crippen LogP contribution in [0.15, 0.2) is 10.7 Å². The maximum absolute atomic E-state index is 12.7. The lowest BCUT2D eigenvalue weighted by Gasteiger charge is -2.06. The highest BCUT2D eigenvalue weighted by molar-refractivity contribution is 9.10. The van der Waals surface area contributed by atoms with Crippen LogP contribution in [0.4, 0.5) is 13.2 Å². The van der Waals surface area contributed by atoms with Crippen molar-refractivity contribution in [1.29, 1.82) is 0 Å². The van der Waals surface area contributed by atoms with Gasteiger partial charge in [-0.3, -0.25) is 0 Å². The normalized spacial score (nSPS) is 10.9. The minimum absolute atomic E-state index is 0.127. The van der Waals surface area contributed by atoms with Crippen LogP contribution in [0, 0.1) is 5.95 Å². The number of nitrogens with zero attached hydrogens (tertiary/aromatic N) is 1. The highest BCUT2D eigenvalue weighted by Gasteiger charge is 2.17. The standard InChI is InChI=1S/C7H5BrF3NO/c8-5-3(6(9)10)1-12-7(11)4(5)2-13/h1,6,13H,2H2. The molecule has 6 heteroatoms. The molecule has 0 aromatic carbocycles. The van der Waals surface area contributed by atoms with E-state index in [1.54, 1.807) is 0 Å². The first-order valence-electron chi connectivity index (χ1n) is 3.29. The van der Waals surface area contributed by atoms with Crippen molar-refractivity contribution in [2.24, 2.45) is 0 Å². The summed E-state index contributed by atoms with van der Waals surface area (Å²) >= 11 is 2.77. The van der Waals surface area contributed by atoms with Crippen molar-refractivity contribution in [1.82, 2.24) is 4.98 Å². The van der Waals surface area contributed by atoms with E-state index in [1.807, 2.05) is 0 Å². The minimum atomic E-state index is -2.74. The predicted octanol–water partition coefficient (Wildman–Crippen LogP) is 2.41. The van der Waals surface area contributed by atoms with E-state index in [0.29, 0.717) is 0 Å². The summed E-state index contributed by atoms with van der Waals surface area (Å²) in [5.41, 5.74) is -0.678. The average Bonchev–Trinajstić information content (AvgIpc) is 2.04. The predicted molar refractivity (Wildman–Crippen MR) is 42.8 cm³/mol. The molecule has 1 rings (SSSR count). The number of halogens is 4. The first kappa shape index (κ1) is 10.5. The maximum atomic E-state index is 12.7. The van der Waals surface area contributed by atoms with Crippen LogP contribution < -0.4 is 0 Å². The Morgan fingerprint density at radius 1 is 1.54 bits per heavy atom. The van der Waals surface area contributed by atoms with Gasteiger partial charge < -0.3 is 5.11 Å². The van der Waals surface area contributed by atoms with Gasteiger partial charge in [-0.25, -0.2) is 13.8 Å².